The molecule has 8 heteroatoms. The van der Waals surface area contributed by atoms with Gasteiger partial charge in [0.15, 0.2) is 23.0 Å². The summed E-state index contributed by atoms with van der Waals surface area (Å²) in [6, 6.07) is 4.28. The first-order valence-electron chi connectivity index (χ1n) is 6.41. The molecule has 0 saturated carbocycles. The second-order valence-corrected chi connectivity index (χ2v) is 4.49. The average molecular weight is 312 g/mol. The molecule has 0 spiro atoms. The van der Waals surface area contributed by atoms with Crippen LogP contribution in [0.2, 0.25) is 0 Å². The van der Waals surface area contributed by atoms with E-state index in [0.29, 0.717) is 6.07 Å². The first-order valence-corrected chi connectivity index (χ1v) is 6.41. The molecular formula is C14H14F2N2O4. The summed E-state index contributed by atoms with van der Waals surface area (Å²) in [5.41, 5.74) is 0.0501. The number of likely N-dealkylation sites (N-methyl/N-ethyl adjacent to an activating group) is 1. The van der Waals surface area contributed by atoms with Gasteiger partial charge in [-0.2, -0.15) is 0 Å². The van der Waals surface area contributed by atoms with Crippen molar-refractivity contribution in [2.24, 2.45) is 0 Å². The topological polar surface area (TPSA) is 75.8 Å². The van der Waals surface area contributed by atoms with E-state index < -0.39 is 17.5 Å². The predicted octanol–water partition coefficient (Wildman–Crippen LogP) is 1.60. The smallest absolute Gasteiger partial charge is 0.275 e. The van der Waals surface area contributed by atoms with Gasteiger partial charge >= 0.3 is 0 Å². The zero-order valence-corrected chi connectivity index (χ0v) is 11.8. The van der Waals surface area contributed by atoms with Crippen molar-refractivity contribution in [2.75, 3.05) is 20.2 Å². The van der Waals surface area contributed by atoms with Crippen LogP contribution in [0.4, 0.5) is 8.78 Å². The summed E-state index contributed by atoms with van der Waals surface area (Å²) >= 11 is 0. The monoisotopic (exact) mass is 312 g/mol. The Morgan fingerprint density at radius 2 is 2.18 bits per heavy atom. The van der Waals surface area contributed by atoms with Gasteiger partial charge in [-0.05, 0) is 12.1 Å². The van der Waals surface area contributed by atoms with Crippen LogP contribution in [0.25, 0.3) is 0 Å². The van der Waals surface area contributed by atoms with Crippen LogP contribution >= 0.6 is 0 Å². The quantitative estimate of drug-likeness (QED) is 0.877. The van der Waals surface area contributed by atoms with Crippen LogP contribution in [0.15, 0.2) is 28.8 Å². The molecule has 1 aromatic carbocycles. The fourth-order valence-corrected chi connectivity index (χ4v) is 1.67. The van der Waals surface area contributed by atoms with Gasteiger partial charge in [0.2, 0.25) is 0 Å². The van der Waals surface area contributed by atoms with E-state index >= 15 is 0 Å². The standard InChI is InChI=1S/C14H14F2N2O4/c1-18(4-5-19)14(20)12-7-10(22-17-12)8-21-13-3-2-9(15)6-11(13)16/h2-3,6-7,19H,4-5,8H2,1H3. The first kappa shape index (κ1) is 15.9. The number of ether oxygens (including phenoxy) is 1. The lowest BCUT2D eigenvalue weighted by Crippen LogP contribution is -2.29. The fraction of sp³-hybridized carbons (Fsp3) is 0.286. The molecule has 1 aromatic heterocycles. The number of hydrogen-bond acceptors (Lipinski definition) is 5. The largest absolute Gasteiger partial charge is 0.482 e. The number of hydrogen-bond donors (Lipinski definition) is 1. The van der Waals surface area contributed by atoms with E-state index in [9.17, 15) is 13.6 Å². The molecule has 1 amide bonds. The molecule has 0 radical (unpaired) electrons. The summed E-state index contributed by atoms with van der Waals surface area (Å²) in [4.78, 5) is 13.1. The summed E-state index contributed by atoms with van der Waals surface area (Å²) in [6.07, 6.45) is 0. The van der Waals surface area contributed by atoms with E-state index in [2.05, 4.69) is 5.16 Å². The minimum atomic E-state index is -0.835. The highest BCUT2D eigenvalue weighted by atomic mass is 19.1. The normalized spacial score (nSPS) is 10.5. The Morgan fingerprint density at radius 1 is 1.41 bits per heavy atom. The highest BCUT2D eigenvalue weighted by Crippen LogP contribution is 2.19. The molecule has 0 fully saturated rings. The maximum absolute atomic E-state index is 13.4. The van der Waals surface area contributed by atoms with Gasteiger partial charge < -0.3 is 19.3 Å². The number of amides is 1. The molecule has 2 rings (SSSR count). The third-order valence-corrected chi connectivity index (χ3v) is 2.82. The van der Waals surface area contributed by atoms with E-state index in [1.807, 2.05) is 0 Å². The van der Waals surface area contributed by atoms with Gasteiger partial charge in [-0.1, -0.05) is 5.16 Å². The van der Waals surface area contributed by atoms with Crippen molar-refractivity contribution in [1.29, 1.82) is 0 Å². The minimum absolute atomic E-state index is 0.0501. The lowest BCUT2D eigenvalue weighted by atomic mass is 10.3. The Hall–Kier alpha value is -2.48. The number of aliphatic hydroxyl groups excluding tert-OH is 1. The Labute approximate surface area is 124 Å². The predicted molar refractivity (Wildman–Crippen MR) is 71.2 cm³/mol. The molecular weight excluding hydrogens is 298 g/mol. The molecule has 1 N–H and O–H groups in total. The number of benzene rings is 1. The van der Waals surface area contributed by atoms with E-state index in [4.69, 9.17) is 14.4 Å². The van der Waals surface area contributed by atoms with Crippen LogP contribution in [0, 0.1) is 11.6 Å². The SMILES string of the molecule is CN(CCO)C(=O)c1cc(COc2ccc(F)cc2F)on1. The second kappa shape index (κ2) is 6.99. The van der Waals surface area contributed by atoms with Gasteiger partial charge in [0, 0.05) is 25.7 Å². The molecule has 0 aliphatic rings. The van der Waals surface area contributed by atoms with Crippen molar-refractivity contribution >= 4 is 5.91 Å². The van der Waals surface area contributed by atoms with Crippen molar-refractivity contribution in [2.45, 2.75) is 6.61 Å². The lowest BCUT2D eigenvalue weighted by Gasteiger charge is -2.12. The van der Waals surface area contributed by atoms with Gasteiger partial charge in [0.1, 0.15) is 12.4 Å². The van der Waals surface area contributed by atoms with Crippen LogP contribution in [-0.4, -0.2) is 41.3 Å². The van der Waals surface area contributed by atoms with Crippen molar-refractivity contribution in [3.8, 4) is 5.75 Å². The summed E-state index contributed by atoms with van der Waals surface area (Å²) in [5.74, 6) is -1.88. The molecule has 0 unspecified atom stereocenters. The van der Waals surface area contributed by atoms with Crippen LogP contribution < -0.4 is 4.74 Å². The highest BCUT2D eigenvalue weighted by Gasteiger charge is 2.17. The van der Waals surface area contributed by atoms with Gasteiger partial charge in [-0.25, -0.2) is 8.78 Å². The number of halogens is 2. The number of nitrogens with zero attached hydrogens (tertiary/aromatic N) is 2. The molecule has 22 heavy (non-hydrogen) atoms. The van der Waals surface area contributed by atoms with Crippen LogP contribution in [0.1, 0.15) is 16.2 Å². The zero-order valence-electron chi connectivity index (χ0n) is 11.8. The van der Waals surface area contributed by atoms with E-state index in [1.54, 1.807) is 0 Å². The first-order chi connectivity index (χ1) is 10.5. The molecule has 6 nitrogen and oxygen atoms in total. The number of rotatable bonds is 6. The maximum atomic E-state index is 13.4. The lowest BCUT2D eigenvalue weighted by molar-refractivity contribution is 0.0756. The van der Waals surface area contributed by atoms with Gasteiger partial charge in [0.25, 0.3) is 5.91 Å². The third kappa shape index (κ3) is 3.79. The third-order valence-electron chi connectivity index (χ3n) is 2.82. The van der Waals surface area contributed by atoms with Gasteiger partial charge in [0.05, 0.1) is 6.61 Å². The summed E-state index contributed by atoms with van der Waals surface area (Å²) < 4.78 is 36.2. The molecule has 0 saturated heterocycles. The van der Waals surface area contributed by atoms with Crippen LogP contribution in [0.3, 0.4) is 0 Å². The zero-order chi connectivity index (χ0) is 16.1. The van der Waals surface area contributed by atoms with Gasteiger partial charge in [-0.3, -0.25) is 4.79 Å². The minimum Gasteiger partial charge on any atom is -0.482 e. The molecule has 0 aliphatic heterocycles. The molecule has 0 aliphatic carbocycles. The van der Waals surface area contributed by atoms with Crippen molar-refractivity contribution in [3.05, 3.63) is 47.4 Å². The molecule has 2 aromatic rings. The second-order valence-electron chi connectivity index (χ2n) is 4.49. The number of carbonyl (C=O) groups is 1. The Kier molecular flexibility index (Phi) is 5.05. The van der Waals surface area contributed by atoms with Gasteiger partial charge in [-0.15, -0.1) is 0 Å². The Balaban J connectivity index is 1.99. The van der Waals surface area contributed by atoms with Crippen molar-refractivity contribution < 1.29 is 27.9 Å². The number of carbonyl (C=O) groups excluding carboxylic acids is 1. The fourth-order valence-electron chi connectivity index (χ4n) is 1.67. The Morgan fingerprint density at radius 3 is 2.86 bits per heavy atom. The van der Waals surface area contributed by atoms with E-state index in [-0.39, 0.29) is 37.0 Å². The summed E-state index contributed by atoms with van der Waals surface area (Å²) in [7, 11) is 1.51. The highest BCUT2D eigenvalue weighted by molar-refractivity contribution is 5.92. The molecule has 1 heterocycles. The number of aromatic nitrogens is 1. The molecule has 0 atom stereocenters. The number of aliphatic hydroxyl groups is 1. The average Bonchev–Trinajstić information content (AvgIpc) is 2.94. The van der Waals surface area contributed by atoms with Crippen LogP contribution in [0.5, 0.6) is 5.75 Å². The van der Waals surface area contributed by atoms with Crippen molar-refractivity contribution in [1.82, 2.24) is 10.1 Å². The van der Waals surface area contributed by atoms with E-state index in [0.717, 1.165) is 12.1 Å². The van der Waals surface area contributed by atoms with E-state index in [1.165, 1.54) is 18.0 Å². The van der Waals surface area contributed by atoms with Crippen molar-refractivity contribution in [3.63, 3.8) is 0 Å². The maximum Gasteiger partial charge on any atom is 0.275 e. The van der Waals surface area contributed by atoms with Crippen LogP contribution in [-0.2, 0) is 6.61 Å². The molecule has 118 valence electrons. The Bertz CT molecular complexity index is 660. The molecule has 0 bridgehead atoms. The summed E-state index contributed by atoms with van der Waals surface area (Å²) in [5, 5.41) is 12.4. The summed E-state index contributed by atoms with van der Waals surface area (Å²) in [6.45, 7) is -0.162.